The monoisotopic (exact) mass is 721 g/mol. The van der Waals surface area contributed by atoms with Gasteiger partial charge in [-0.15, -0.1) is 0 Å². The van der Waals surface area contributed by atoms with Crippen molar-refractivity contribution in [1.82, 2.24) is 9.78 Å². The summed E-state index contributed by atoms with van der Waals surface area (Å²) in [5.74, 6) is 0.430. The van der Waals surface area contributed by atoms with Gasteiger partial charge in [0.15, 0.2) is 15.6 Å². The summed E-state index contributed by atoms with van der Waals surface area (Å²) in [4.78, 5) is 41.3. The molecule has 2 atom stereocenters. The summed E-state index contributed by atoms with van der Waals surface area (Å²) in [6.45, 7) is 7.86. The van der Waals surface area contributed by atoms with E-state index in [1.165, 1.54) is 19.5 Å². The van der Waals surface area contributed by atoms with E-state index in [0.717, 1.165) is 22.9 Å². The molecule has 2 N–H and O–H groups in total. The lowest BCUT2D eigenvalue weighted by atomic mass is 9.82. The molecule has 3 rings (SSSR count). The van der Waals surface area contributed by atoms with Gasteiger partial charge in [-0.2, -0.15) is 24.9 Å². The number of H-pyrrole nitrogens is 1. The van der Waals surface area contributed by atoms with Crippen molar-refractivity contribution in [3.8, 4) is 0 Å². The van der Waals surface area contributed by atoms with Crippen molar-refractivity contribution in [1.29, 1.82) is 0 Å². The SMILES string of the molecule is CCSC(C)CC1CC(=O)C(/C(CC)=N/OC/C=C/Cl)=C(O)C1.Cc1[nH]n(C)c(=O)c1C(=O)c1ccc(C(F)(F)F)cc1S(C)(=O)=O. The highest BCUT2D eigenvalue weighted by atomic mass is 35.5. The van der Waals surface area contributed by atoms with Gasteiger partial charge in [-0.25, -0.2) is 8.42 Å². The quantitative estimate of drug-likeness (QED) is 0.109. The number of rotatable bonds is 12. The van der Waals surface area contributed by atoms with E-state index in [4.69, 9.17) is 16.4 Å². The van der Waals surface area contributed by atoms with Gasteiger partial charge in [-0.1, -0.05) is 37.5 Å². The van der Waals surface area contributed by atoms with Crippen LogP contribution in [-0.2, 0) is 32.7 Å². The number of oxime groups is 1. The number of alkyl halides is 3. The third-order valence-corrected chi connectivity index (χ3v) is 9.52. The van der Waals surface area contributed by atoms with Crippen molar-refractivity contribution in [2.24, 2.45) is 18.1 Å². The minimum absolute atomic E-state index is 0.0375. The largest absolute Gasteiger partial charge is 0.511 e. The zero-order chi connectivity index (χ0) is 35.7. The molecule has 1 heterocycles. The molecule has 0 radical (unpaired) electrons. The van der Waals surface area contributed by atoms with Crippen LogP contribution in [0.15, 0.2) is 56.0 Å². The second-order valence-corrected chi connectivity index (χ2v) is 14.8. The van der Waals surface area contributed by atoms with Gasteiger partial charge in [0.2, 0.25) is 5.78 Å². The first-order valence-corrected chi connectivity index (χ1v) is 18.0. The Labute approximate surface area is 281 Å². The Morgan fingerprint density at radius 3 is 2.43 bits per heavy atom. The lowest BCUT2D eigenvalue weighted by Crippen LogP contribution is -2.26. The maximum atomic E-state index is 12.8. The molecule has 0 bridgehead atoms. The molecule has 10 nitrogen and oxygen atoms in total. The van der Waals surface area contributed by atoms with Crippen LogP contribution in [0.25, 0.3) is 0 Å². The van der Waals surface area contributed by atoms with Gasteiger partial charge in [0.05, 0.1) is 21.7 Å². The first kappa shape index (κ1) is 39.9. The smallest absolute Gasteiger partial charge is 0.416 e. The van der Waals surface area contributed by atoms with Crippen molar-refractivity contribution in [2.45, 2.75) is 69.7 Å². The second kappa shape index (κ2) is 17.2. The highest BCUT2D eigenvalue weighted by molar-refractivity contribution is 7.99. The van der Waals surface area contributed by atoms with E-state index in [2.05, 4.69) is 24.1 Å². The van der Waals surface area contributed by atoms with Gasteiger partial charge in [0, 0.05) is 48.2 Å². The molecular weight excluding hydrogens is 683 g/mol. The molecule has 2 unspecified atom stereocenters. The average molecular weight is 722 g/mol. The standard InChI is InChI=1S/C17H26ClNO3S.C14H13F3N2O4S/c1-4-14(19-22-8-6-7-18)17-15(20)10-13(11-16(17)21)9-12(3)23-5-2;1-7-11(13(21)19(2)18-7)12(20)9-5-4-8(14(15,16)17)6-10(9)24(3,22)23/h6-7,12-13,20H,4-5,8-11H2,1-3H3;4-6,18H,1-3H3/b7-6+,19-14+;. The van der Waals surface area contributed by atoms with Gasteiger partial charge in [-0.05, 0) is 55.7 Å². The molecule has 0 amide bonds. The molecule has 0 fully saturated rings. The lowest BCUT2D eigenvalue weighted by Gasteiger charge is -2.25. The summed E-state index contributed by atoms with van der Waals surface area (Å²) >= 11 is 7.30. The van der Waals surface area contributed by atoms with E-state index in [9.17, 15) is 41.1 Å². The van der Waals surface area contributed by atoms with Gasteiger partial charge in [0.25, 0.3) is 5.56 Å². The lowest BCUT2D eigenvalue weighted by molar-refractivity contribution is -0.137. The van der Waals surface area contributed by atoms with Crippen LogP contribution in [0.5, 0.6) is 0 Å². The van der Waals surface area contributed by atoms with Crippen LogP contribution >= 0.6 is 23.4 Å². The Kier molecular flexibility index (Phi) is 14.6. The summed E-state index contributed by atoms with van der Waals surface area (Å²) in [5, 5.41) is 17.4. The van der Waals surface area contributed by atoms with E-state index in [1.807, 2.05) is 18.7 Å². The first-order chi connectivity index (χ1) is 21.9. The Morgan fingerprint density at radius 1 is 1.28 bits per heavy atom. The van der Waals surface area contributed by atoms with E-state index < -0.39 is 43.4 Å². The molecule has 16 heteroatoms. The number of aliphatic hydroxyl groups is 1. The van der Waals surface area contributed by atoms with Crippen LogP contribution in [0.3, 0.4) is 0 Å². The van der Waals surface area contributed by atoms with Crippen LogP contribution in [0.2, 0.25) is 0 Å². The Balaban J connectivity index is 0.000000327. The van der Waals surface area contributed by atoms with Gasteiger partial charge >= 0.3 is 6.18 Å². The second-order valence-electron chi connectivity index (χ2n) is 10.9. The number of benzene rings is 1. The minimum atomic E-state index is -4.76. The fourth-order valence-electron chi connectivity index (χ4n) is 5.05. The van der Waals surface area contributed by atoms with Gasteiger partial charge in [-0.3, -0.25) is 24.2 Å². The number of sulfone groups is 1. The van der Waals surface area contributed by atoms with Crippen molar-refractivity contribution in [2.75, 3.05) is 18.6 Å². The van der Waals surface area contributed by atoms with E-state index in [-0.39, 0.29) is 35.3 Å². The number of carbonyl (C=O) groups excluding carboxylic acids is 2. The molecule has 1 aliphatic rings. The number of aromatic amines is 1. The predicted molar refractivity (Wildman–Crippen MR) is 177 cm³/mol. The van der Waals surface area contributed by atoms with Crippen LogP contribution in [0, 0.1) is 12.8 Å². The number of Topliss-reactive ketones (excluding diaryl/α,β-unsaturated/α-hetero) is 1. The molecule has 0 saturated carbocycles. The van der Waals surface area contributed by atoms with Crippen molar-refractivity contribution >= 4 is 50.5 Å². The molecule has 1 aromatic heterocycles. The number of allylic oxidation sites excluding steroid dienone is 2. The van der Waals surface area contributed by atoms with E-state index in [0.29, 0.717) is 54.2 Å². The molecule has 0 aliphatic heterocycles. The number of carbonyl (C=O) groups is 2. The zero-order valence-electron chi connectivity index (χ0n) is 26.9. The summed E-state index contributed by atoms with van der Waals surface area (Å²) in [5.41, 5.74) is -0.308. The molecule has 0 spiro atoms. The first-order valence-electron chi connectivity index (χ1n) is 14.6. The topological polar surface area (TPSA) is 148 Å². The third kappa shape index (κ3) is 10.9. The molecule has 0 saturated heterocycles. The Bertz CT molecular complexity index is 1710. The number of hydrogen-bond acceptors (Lipinski definition) is 9. The molecule has 260 valence electrons. The predicted octanol–water partition coefficient (Wildman–Crippen LogP) is 6.52. The minimum Gasteiger partial charge on any atom is -0.511 e. The number of aryl methyl sites for hydroxylation is 2. The third-order valence-electron chi connectivity index (χ3n) is 7.11. The number of aromatic nitrogens is 2. The maximum absolute atomic E-state index is 12.8. The number of ketones is 2. The normalized spacial score (nSPS) is 16.7. The van der Waals surface area contributed by atoms with Crippen molar-refractivity contribution in [3.05, 3.63) is 73.9 Å². The fraction of sp³-hybridized carbons (Fsp3) is 0.484. The van der Waals surface area contributed by atoms with Gasteiger partial charge in [0.1, 0.15) is 17.9 Å². The summed E-state index contributed by atoms with van der Waals surface area (Å²) in [7, 11) is -2.77. The van der Waals surface area contributed by atoms with Crippen LogP contribution in [0.4, 0.5) is 13.2 Å². The highest BCUT2D eigenvalue weighted by Crippen LogP contribution is 2.34. The van der Waals surface area contributed by atoms with Crippen molar-refractivity contribution < 1.29 is 41.1 Å². The highest BCUT2D eigenvalue weighted by Gasteiger charge is 2.34. The van der Waals surface area contributed by atoms with Crippen LogP contribution < -0.4 is 5.56 Å². The molecule has 2 aromatic rings. The van der Waals surface area contributed by atoms with Crippen molar-refractivity contribution in [3.63, 3.8) is 0 Å². The summed E-state index contributed by atoms with van der Waals surface area (Å²) in [6.07, 6.45) is 0.0190. The Morgan fingerprint density at radius 2 is 1.94 bits per heavy atom. The molecule has 1 aliphatic carbocycles. The molecule has 47 heavy (non-hydrogen) atoms. The van der Waals surface area contributed by atoms with Gasteiger partial charge < -0.3 is 9.94 Å². The summed E-state index contributed by atoms with van der Waals surface area (Å²) < 4.78 is 63.1. The number of thioether (sulfide) groups is 1. The number of hydrogen-bond donors (Lipinski definition) is 2. The molecular formula is C31H39ClF3N3O7S2. The number of aliphatic hydroxyl groups excluding tert-OH is 1. The van der Waals surface area contributed by atoms with E-state index in [1.54, 1.807) is 6.08 Å². The number of halogens is 4. The Hall–Kier alpha value is -3.30. The number of nitrogens with zero attached hydrogens (tertiary/aromatic N) is 2. The summed E-state index contributed by atoms with van der Waals surface area (Å²) in [6, 6.07) is 1.77. The van der Waals surface area contributed by atoms with Crippen LogP contribution in [-0.4, -0.2) is 64.4 Å². The molecule has 1 aromatic carbocycles. The zero-order valence-corrected chi connectivity index (χ0v) is 29.3. The maximum Gasteiger partial charge on any atom is 0.416 e. The number of nitrogens with one attached hydrogen (secondary N) is 1. The fourth-order valence-corrected chi connectivity index (χ4v) is 7.00. The van der Waals surface area contributed by atoms with Crippen LogP contribution in [0.1, 0.15) is 73.6 Å². The van der Waals surface area contributed by atoms with E-state index >= 15 is 0 Å². The average Bonchev–Trinajstić information content (AvgIpc) is 3.22.